The summed E-state index contributed by atoms with van der Waals surface area (Å²) in [6, 6.07) is 19.2. The minimum absolute atomic E-state index is 0.0993. The Morgan fingerprint density at radius 3 is 2.51 bits per heavy atom. The highest BCUT2D eigenvalue weighted by Crippen LogP contribution is 2.36. The van der Waals surface area contributed by atoms with Crippen LogP contribution in [0.2, 0.25) is 5.02 Å². The Morgan fingerprint density at radius 1 is 1.02 bits per heavy atom. The Balaban J connectivity index is 1.33. The Labute approximate surface area is 254 Å². The van der Waals surface area contributed by atoms with Gasteiger partial charge < -0.3 is 28.8 Å². The molecule has 1 N–H and O–H groups in total. The number of methoxy groups -OCH3 is 1. The predicted octanol–water partition coefficient (Wildman–Crippen LogP) is 4.67. The molecule has 0 aliphatic carbocycles. The Bertz CT molecular complexity index is 1650. The van der Waals surface area contributed by atoms with E-state index in [1.54, 1.807) is 25.4 Å². The van der Waals surface area contributed by atoms with E-state index in [1.807, 2.05) is 53.1 Å². The molecule has 2 aliphatic heterocycles. The number of halogens is 1. The molecule has 6 rings (SSSR count). The third-order valence-corrected chi connectivity index (χ3v) is 8.02. The molecule has 43 heavy (non-hydrogen) atoms. The Hall–Kier alpha value is -3.73. The SMILES string of the molecule is COCOCc1ccc(C2Cn3cc(C(=O)NCc4ccc(Cl)cc4)c(=O)c4cc(CN5CCOCC5)cc(c43)O2)cc1. The first-order chi connectivity index (χ1) is 21.0. The van der Waals surface area contributed by atoms with Crippen molar-refractivity contribution < 1.29 is 23.7 Å². The van der Waals surface area contributed by atoms with Crippen molar-refractivity contribution in [2.45, 2.75) is 32.3 Å². The number of morpholine rings is 1. The lowest BCUT2D eigenvalue weighted by molar-refractivity contribution is -0.0390. The van der Waals surface area contributed by atoms with Crippen LogP contribution in [0.3, 0.4) is 0 Å². The largest absolute Gasteiger partial charge is 0.482 e. The van der Waals surface area contributed by atoms with Crippen molar-refractivity contribution in [2.75, 3.05) is 40.2 Å². The zero-order valence-electron chi connectivity index (χ0n) is 24.0. The maximum absolute atomic E-state index is 13.8. The number of nitrogens with one attached hydrogen (secondary N) is 1. The zero-order chi connectivity index (χ0) is 29.8. The van der Waals surface area contributed by atoms with Gasteiger partial charge in [0, 0.05) is 44.5 Å². The number of benzene rings is 3. The topological polar surface area (TPSA) is 91.3 Å². The fourth-order valence-electron chi connectivity index (χ4n) is 5.56. The van der Waals surface area contributed by atoms with Gasteiger partial charge in [0.2, 0.25) is 5.43 Å². The van der Waals surface area contributed by atoms with Gasteiger partial charge in [-0.15, -0.1) is 0 Å². The number of carbonyl (C=O) groups excluding carboxylic acids is 1. The van der Waals surface area contributed by atoms with Crippen LogP contribution in [0.5, 0.6) is 5.75 Å². The fraction of sp³-hybridized carbons (Fsp3) is 0.333. The lowest BCUT2D eigenvalue weighted by Crippen LogP contribution is -2.35. The normalized spacial score (nSPS) is 16.7. The highest BCUT2D eigenvalue weighted by molar-refractivity contribution is 6.30. The van der Waals surface area contributed by atoms with Crippen LogP contribution in [0, 0.1) is 0 Å². The Morgan fingerprint density at radius 2 is 1.77 bits per heavy atom. The third kappa shape index (κ3) is 6.76. The molecular weight excluding hydrogens is 570 g/mol. The first-order valence-electron chi connectivity index (χ1n) is 14.3. The number of nitrogens with zero attached hydrogens (tertiary/aromatic N) is 2. The van der Waals surface area contributed by atoms with Gasteiger partial charge in [-0.1, -0.05) is 48.0 Å². The van der Waals surface area contributed by atoms with Crippen LogP contribution in [0.15, 0.2) is 71.7 Å². The average molecular weight is 604 g/mol. The summed E-state index contributed by atoms with van der Waals surface area (Å²) < 4.78 is 24.5. The predicted molar refractivity (Wildman–Crippen MR) is 163 cm³/mol. The second kappa shape index (κ2) is 13.3. The monoisotopic (exact) mass is 603 g/mol. The van der Waals surface area contributed by atoms with Crippen LogP contribution in [0.1, 0.15) is 38.7 Å². The van der Waals surface area contributed by atoms with Gasteiger partial charge in [0.15, 0.2) is 0 Å². The molecule has 9 nitrogen and oxygen atoms in total. The second-order valence-electron chi connectivity index (χ2n) is 10.8. The summed E-state index contributed by atoms with van der Waals surface area (Å²) in [4.78, 5) is 29.5. The molecule has 1 atom stereocenters. The summed E-state index contributed by atoms with van der Waals surface area (Å²) in [6.45, 7) is 5.04. The molecule has 1 unspecified atom stereocenters. The lowest BCUT2D eigenvalue weighted by atomic mass is 10.0. The van der Waals surface area contributed by atoms with Gasteiger partial charge in [-0.25, -0.2) is 0 Å². The quantitative estimate of drug-likeness (QED) is 0.208. The lowest BCUT2D eigenvalue weighted by Gasteiger charge is -2.31. The summed E-state index contributed by atoms with van der Waals surface area (Å²) in [5.41, 5.74) is 4.34. The van der Waals surface area contributed by atoms with E-state index in [0.717, 1.165) is 35.3 Å². The minimum Gasteiger partial charge on any atom is -0.482 e. The van der Waals surface area contributed by atoms with Crippen LogP contribution < -0.4 is 15.5 Å². The van der Waals surface area contributed by atoms with Gasteiger partial charge >= 0.3 is 0 Å². The number of pyridine rings is 1. The minimum atomic E-state index is -0.422. The number of hydrogen-bond acceptors (Lipinski definition) is 7. The van der Waals surface area contributed by atoms with Crippen molar-refractivity contribution >= 4 is 28.4 Å². The molecule has 1 fully saturated rings. The number of hydrogen-bond donors (Lipinski definition) is 1. The average Bonchev–Trinajstić information content (AvgIpc) is 3.03. The molecule has 224 valence electrons. The summed E-state index contributed by atoms with van der Waals surface area (Å²) in [5.74, 6) is 0.212. The highest BCUT2D eigenvalue weighted by atomic mass is 35.5. The van der Waals surface area contributed by atoms with Crippen molar-refractivity contribution in [3.8, 4) is 5.75 Å². The number of carbonyl (C=O) groups is 1. The van der Waals surface area contributed by atoms with Crippen molar-refractivity contribution in [2.24, 2.45) is 0 Å². The molecular formula is C33H34ClN3O6. The van der Waals surface area contributed by atoms with Crippen LogP contribution in [-0.4, -0.2) is 55.6 Å². The maximum atomic E-state index is 13.8. The molecule has 0 radical (unpaired) electrons. The molecule has 1 amide bonds. The zero-order valence-corrected chi connectivity index (χ0v) is 24.8. The Kier molecular flexibility index (Phi) is 9.06. The molecule has 3 heterocycles. The van der Waals surface area contributed by atoms with E-state index in [0.29, 0.717) is 54.6 Å². The van der Waals surface area contributed by atoms with Crippen molar-refractivity contribution in [3.63, 3.8) is 0 Å². The molecule has 1 aromatic heterocycles. The number of rotatable bonds is 10. The molecule has 1 saturated heterocycles. The molecule has 3 aromatic carbocycles. The van der Waals surface area contributed by atoms with E-state index < -0.39 is 5.91 Å². The van der Waals surface area contributed by atoms with E-state index in [9.17, 15) is 9.59 Å². The second-order valence-corrected chi connectivity index (χ2v) is 11.3. The summed E-state index contributed by atoms with van der Waals surface area (Å²) in [6.07, 6.45) is 1.35. The van der Waals surface area contributed by atoms with Crippen molar-refractivity contribution in [1.29, 1.82) is 0 Å². The summed E-state index contributed by atoms with van der Waals surface area (Å²) in [5, 5.41) is 4.00. The molecule has 4 aromatic rings. The summed E-state index contributed by atoms with van der Waals surface area (Å²) in [7, 11) is 1.59. The highest BCUT2D eigenvalue weighted by Gasteiger charge is 2.27. The molecule has 0 bridgehead atoms. The van der Waals surface area contributed by atoms with E-state index in [2.05, 4.69) is 10.2 Å². The molecule has 2 aliphatic rings. The first-order valence-corrected chi connectivity index (χ1v) is 14.7. The van der Waals surface area contributed by atoms with Gasteiger partial charge in [-0.3, -0.25) is 14.5 Å². The molecule has 0 spiro atoms. The fourth-order valence-corrected chi connectivity index (χ4v) is 5.68. The summed E-state index contributed by atoms with van der Waals surface area (Å²) >= 11 is 6.00. The molecule has 10 heteroatoms. The van der Waals surface area contributed by atoms with Crippen LogP contribution in [0.4, 0.5) is 0 Å². The van der Waals surface area contributed by atoms with Crippen LogP contribution in [-0.2, 0) is 40.5 Å². The molecule has 0 saturated carbocycles. The number of ether oxygens (including phenoxy) is 4. The van der Waals surface area contributed by atoms with E-state index in [4.69, 9.17) is 30.5 Å². The van der Waals surface area contributed by atoms with E-state index in [1.165, 1.54) is 0 Å². The van der Waals surface area contributed by atoms with E-state index in [-0.39, 0.29) is 30.4 Å². The van der Waals surface area contributed by atoms with Crippen molar-refractivity contribution in [3.05, 3.63) is 110 Å². The number of amides is 1. The third-order valence-electron chi connectivity index (χ3n) is 7.77. The van der Waals surface area contributed by atoms with Crippen molar-refractivity contribution in [1.82, 2.24) is 14.8 Å². The van der Waals surface area contributed by atoms with Gasteiger partial charge in [0.05, 0.1) is 37.3 Å². The van der Waals surface area contributed by atoms with E-state index >= 15 is 0 Å². The van der Waals surface area contributed by atoms with Crippen LogP contribution >= 0.6 is 11.6 Å². The van der Waals surface area contributed by atoms with Gasteiger partial charge in [-0.05, 0) is 46.5 Å². The number of aromatic nitrogens is 1. The van der Waals surface area contributed by atoms with Gasteiger partial charge in [0.1, 0.15) is 24.2 Å². The first kappa shape index (κ1) is 29.3. The smallest absolute Gasteiger partial charge is 0.257 e. The van der Waals surface area contributed by atoms with Crippen LogP contribution in [0.25, 0.3) is 10.9 Å². The standard InChI is InChI=1S/C33H34ClN3O6/c1-40-21-42-20-23-2-6-25(7-3-23)30-19-37-18-28(33(39)35-16-22-4-8-26(34)9-5-22)32(38)27-14-24(15-29(43-30)31(27)37)17-36-10-12-41-13-11-36/h2-9,14-15,18,30H,10-13,16-17,19-21H2,1H3,(H,35,39). The van der Waals surface area contributed by atoms with Gasteiger partial charge in [0.25, 0.3) is 5.91 Å². The maximum Gasteiger partial charge on any atom is 0.257 e. The van der Waals surface area contributed by atoms with Gasteiger partial charge in [-0.2, -0.15) is 0 Å².